The van der Waals surface area contributed by atoms with Crippen LogP contribution in [0.3, 0.4) is 0 Å². The van der Waals surface area contributed by atoms with Crippen LogP contribution in [0.2, 0.25) is 0 Å². The zero-order valence-electron chi connectivity index (χ0n) is 9.44. The van der Waals surface area contributed by atoms with Crippen molar-refractivity contribution < 1.29 is 14.7 Å². The van der Waals surface area contributed by atoms with Gasteiger partial charge in [0.1, 0.15) is 0 Å². The number of hydrogen-bond acceptors (Lipinski definition) is 2. The molecule has 1 aromatic carbocycles. The van der Waals surface area contributed by atoms with Crippen LogP contribution in [0, 0.1) is 5.92 Å². The van der Waals surface area contributed by atoms with Crippen molar-refractivity contribution in [3.63, 3.8) is 0 Å². The van der Waals surface area contributed by atoms with Crippen molar-refractivity contribution in [2.24, 2.45) is 5.92 Å². The molecule has 0 aliphatic carbocycles. The summed E-state index contributed by atoms with van der Waals surface area (Å²) < 4.78 is 0.940. The molecule has 0 unspecified atom stereocenters. The van der Waals surface area contributed by atoms with Gasteiger partial charge in [-0.2, -0.15) is 0 Å². The number of carboxylic acid groups (broad SMARTS) is 1. The Kier molecular flexibility index (Phi) is 5.15. The normalized spacial score (nSPS) is 11.9. The third-order valence-electron chi connectivity index (χ3n) is 2.18. The number of carboxylic acids is 1. The van der Waals surface area contributed by atoms with Gasteiger partial charge in [-0.25, -0.2) is 0 Å². The molecule has 4 nitrogen and oxygen atoms in total. The van der Waals surface area contributed by atoms with Gasteiger partial charge in [-0.05, 0) is 30.2 Å². The molecule has 1 atom stereocenters. The SMILES string of the molecule is C[C@H](CC(=O)O)CC(=O)Nc1ccc(Br)cc1. The Hall–Kier alpha value is -1.36. The number of carbonyl (C=O) groups is 2. The molecule has 17 heavy (non-hydrogen) atoms. The van der Waals surface area contributed by atoms with E-state index < -0.39 is 5.97 Å². The smallest absolute Gasteiger partial charge is 0.303 e. The monoisotopic (exact) mass is 299 g/mol. The van der Waals surface area contributed by atoms with Crippen molar-refractivity contribution in [3.05, 3.63) is 28.7 Å². The first-order valence-corrected chi connectivity index (χ1v) is 6.04. The number of hydrogen-bond donors (Lipinski definition) is 2. The average molecular weight is 300 g/mol. The Bertz CT molecular complexity index is 403. The number of rotatable bonds is 5. The summed E-state index contributed by atoms with van der Waals surface area (Å²) in [7, 11) is 0. The van der Waals surface area contributed by atoms with E-state index in [-0.39, 0.29) is 24.7 Å². The second kappa shape index (κ2) is 6.39. The van der Waals surface area contributed by atoms with E-state index in [2.05, 4.69) is 21.2 Å². The molecule has 0 radical (unpaired) electrons. The van der Waals surface area contributed by atoms with Crippen LogP contribution in [-0.2, 0) is 9.59 Å². The minimum atomic E-state index is -0.881. The van der Waals surface area contributed by atoms with Crippen LogP contribution in [0.4, 0.5) is 5.69 Å². The lowest BCUT2D eigenvalue weighted by atomic mass is 10.0. The first kappa shape index (κ1) is 13.7. The zero-order chi connectivity index (χ0) is 12.8. The number of carbonyl (C=O) groups excluding carboxylic acids is 1. The van der Waals surface area contributed by atoms with Crippen LogP contribution in [0.15, 0.2) is 28.7 Å². The van der Waals surface area contributed by atoms with E-state index in [0.717, 1.165) is 4.47 Å². The van der Waals surface area contributed by atoms with Gasteiger partial charge < -0.3 is 10.4 Å². The number of benzene rings is 1. The Morgan fingerprint density at radius 1 is 1.29 bits per heavy atom. The van der Waals surface area contributed by atoms with Gasteiger partial charge in [0, 0.05) is 23.0 Å². The van der Waals surface area contributed by atoms with Crippen LogP contribution >= 0.6 is 15.9 Å². The Labute approximate surface area is 108 Å². The fourth-order valence-corrected chi connectivity index (χ4v) is 1.70. The molecule has 0 aliphatic rings. The maximum Gasteiger partial charge on any atom is 0.303 e. The number of halogens is 1. The minimum absolute atomic E-state index is 0.00770. The molecule has 0 heterocycles. The molecule has 1 rings (SSSR count). The number of amides is 1. The maximum absolute atomic E-state index is 11.6. The Morgan fingerprint density at radius 3 is 2.41 bits per heavy atom. The standard InChI is InChI=1S/C12H14BrNO3/c1-8(7-12(16)17)6-11(15)14-10-4-2-9(13)3-5-10/h2-5,8H,6-7H2,1H3,(H,14,15)(H,16,17)/t8-/m0/s1. The molecule has 0 saturated carbocycles. The summed E-state index contributed by atoms with van der Waals surface area (Å²) in [5.74, 6) is -1.21. The highest BCUT2D eigenvalue weighted by Gasteiger charge is 2.12. The van der Waals surface area contributed by atoms with Gasteiger partial charge in [-0.1, -0.05) is 22.9 Å². The lowest BCUT2D eigenvalue weighted by Crippen LogP contribution is -2.16. The molecule has 0 bridgehead atoms. The van der Waals surface area contributed by atoms with Crippen molar-refractivity contribution in [2.75, 3.05) is 5.32 Å². The van der Waals surface area contributed by atoms with Gasteiger partial charge in [0.25, 0.3) is 0 Å². The van der Waals surface area contributed by atoms with Gasteiger partial charge >= 0.3 is 5.97 Å². The predicted octanol–water partition coefficient (Wildman–Crippen LogP) is 2.89. The molecule has 0 fully saturated rings. The molecule has 5 heteroatoms. The second-order valence-corrected chi connectivity index (χ2v) is 4.88. The van der Waals surface area contributed by atoms with Gasteiger partial charge in [0.05, 0.1) is 0 Å². The summed E-state index contributed by atoms with van der Waals surface area (Å²) in [6, 6.07) is 7.22. The van der Waals surface area contributed by atoms with E-state index in [1.165, 1.54) is 0 Å². The molecular formula is C12H14BrNO3. The van der Waals surface area contributed by atoms with E-state index in [1.54, 1.807) is 19.1 Å². The Morgan fingerprint density at radius 2 is 1.88 bits per heavy atom. The highest BCUT2D eigenvalue weighted by atomic mass is 79.9. The predicted molar refractivity (Wildman–Crippen MR) is 68.8 cm³/mol. The van der Waals surface area contributed by atoms with Crippen molar-refractivity contribution in [1.82, 2.24) is 0 Å². The van der Waals surface area contributed by atoms with Crippen LogP contribution in [0.25, 0.3) is 0 Å². The van der Waals surface area contributed by atoms with Crippen LogP contribution in [-0.4, -0.2) is 17.0 Å². The van der Waals surface area contributed by atoms with Crippen molar-refractivity contribution in [1.29, 1.82) is 0 Å². The summed E-state index contributed by atoms with van der Waals surface area (Å²) in [4.78, 5) is 22.0. The summed E-state index contributed by atoms with van der Waals surface area (Å²) >= 11 is 3.30. The molecule has 1 aromatic rings. The Balaban J connectivity index is 2.44. The van der Waals surface area contributed by atoms with Gasteiger partial charge in [-0.15, -0.1) is 0 Å². The molecule has 0 spiro atoms. The van der Waals surface area contributed by atoms with Gasteiger partial charge in [0.2, 0.25) is 5.91 Å². The number of aliphatic carboxylic acids is 1. The number of anilines is 1. The maximum atomic E-state index is 11.6. The fourth-order valence-electron chi connectivity index (χ4n) is 1.43. The lowest BCUT2D eigenvalue weighted by Gasteiger charge is -2.09. The van der Waals surface area contributed by atoms with E-state index in [4.69, 9.17) is 5.11 Å². The van der Waals surface area contributed by atoms with Crippen molar-refractivity contribution in [2.45, 2.75) is 19.8 Å². The highest BCUT2D eigenvalue weighted by molar-refractivity contribution is 9.10. The largest absolute Gasteiger partial charge is 0.481 e. The quantitative estimate of drug-likeness (QED) is 0.878. The molecular weight excluding hydrogens is 286 g/mol. The van der Waals surface area contributed by atoms with Crippen molar-refractivity contribution >= 4 is 33.5 Å². The topological polar surface area (TPSA) is 66.4 Å². The third-order valence-corrected chi connectivity index (χ3v) is 2.71. The van der Waals surface area contributed by atoms with Gasteiger partial charge in [0.15, 0.2) is 0 Å². The first-order valence-electron chi connectivity index (χ1n) is 5.24. The van der Waals surface area contributed by atoms with E-state index in [0.29, 0.717) is 5.69 Å². The molecule has 1 amide bonds. The highest BCUT2D eigenvalue weighted by Crippen LogP contribution is 2.15. The molecule has 0 aromatic heterocycles. The van der Waals surface area contributed by atoms with E-state index >= 15 is 0 Å². The van der Waals surface area contributed by atoms with E-state index in [1.807, 2.05) is 12.1 Å². The number of nitrogens with one attached hydrogen (secondary N) is 1. The molecule has 92 valence electrons. The summed E-state index contributed by atoms with van der Waals surface area (Å²) in [5.41, 5.74) is 0.709. The second-order valence-electron chi connectivity index (χ2n) is 3.96. The molecule has 0 aliphatic heterocycles. The minimum Gasteiger partial charge on any atom is -0.481 e. The third kappa shape index (κ3) is 5.49. The summed E-state index contributed by atoms with van der Waals surface area (Å²) in [6.07, 6.45) is 0.218. The lowest BCUT2D eigenvalue weighted by molar-refractivity contribution is -0.138. The average Bonchev–Trinajstić information content (AvgIpc) is 2.19. The first-order chi connectivity index (χ1) is 7.97. The summed E-state index contributed by atoms with van der Waals surface area (Å²) in [5, 5.41) is 11.3. The van der Waals surface area contributed by atoms with Gasteiger partial charge in [-0.3, -0.25) is 9.59 Å². The summed E-state index contributed by atoms with van der Waals surface area (Å²) in [6.45, 7) is 1.75. The van der Waals surface area contributed by atoms with Crippen LogP contribution in [0.1, 0.15) is 19.8 Å². The van der Waals surface area contributed by atoms with Crippen molar-refractivity contribution in [3.8, 4) is 0 Å². The molecule has 2 N–H and O–H groups in total. The molecule has 0 saturated heterocycles. The zero-order valence-corrected chi connectivity index (χ0v) is 11.0. The van der Waals surface area contributed by atoms with E-state index in [9.17, 15) is 9.59 Å². The van der Waals surface area contributed by atoms with Crippen LogP contribution < -0.4 is 5.32 Å². The fraction of sp³-hybridized carbons (Fsp3) is 0.333. The van der Waals surface area contributed by atoms with Crippen LogP contribution in [0.5, 0.6) is 0 Å².